The summed E-state index contributed by atoms with van der Waals surface area (Å²) in [6.07, 6.45) is 0.649. The van der Waals surface area contributed by atoms with Gasteiger partial charge in [0, 0.05) is 63.2 Å². The number of amides is 1. The highest BCUT2D eigenvalue weighted by atomic mass is 32.2. The zero-order valence-corrected chi connectivity index (χ0v) is 16.0. The van der Waals surface area contributed by atoms with Gasteiger partial charge in [0.1, 0.15) is 0 Å². The van der Waals surface area contributed by atoms with Crippen molar-refractivity contribution in [3.8, 4) is 0 Å². The molecule has 26 heavy (non-hydrogen) atoms. The molecule has 2 aliphatic rings. The SMILES string of the molecule is O=C(CC1CSCCN1)N1CCN(Cc2cccc3ccccc23)CC1. The number of benzene rings is 2. The first-order chi connectivity index (χ1) is 12.8. The van der Waals surface area contributed by atoms with Crippen LogP contribution in [-0.2, 0) is 11.3 Å². The lowest BCUT2D eigenvalue weighted by atomic mass is 10.0. The van der Waals surface area contributed by atoms with Crippen LogP contribution in [0.4, 0.5) is 0 Å². The van der Waals surface area contributed by atoms with E-state index in [1.807, 2.05) is 11.8 Å². The Balaban J connectivity index is 1.31. The molecule has 2 fully saturated rings. The Morgan fingerprint density at radius 1 is 1.08 bits per heavy atom. The molecule has 0 aromatic heterocycles. The van der Waals surface area contributed by atoms with Crippen LogP contribution in [-0.4, -0.2) is 66.0 Å². The first kappa shape index (κ1) is 17.8. The topological polar surface area (TPSA) is 35.6 Å². The van der Waals surface area contributed by atoms with E-state index in [0.717, 1.165) is 50.8 Å². The molecule has 5 heteroatoms. The summed E-state index contributed by atoms with van der Waals surface area (Å²) in [6, 6.07) is 15.5. The number of rotatable bonds is 4. The van der Waals surface area contributed by atoms with Crippen LogP contribution in [0.5, 0.6) is 0 Å². The number of carbonyl (C=O) groups is 1. The second-order valence-electron chi connectivity index (χ2n) is 7.23. The molecule has 2 heterocycles. The number of hydrogen-bond donors (Lipinski definition) is 1. The maximum atomic E-state index is 12.6. The van der Waals surface area contributed by atoms with E-state index in [2.05, 4.69) is 57.6 Å². The lowest BCUT2D eigenvalue weighted by molar-refractivity contribution is -0.133. The Labute approximate surface area is 159 Å². The number of carbonyl (C=O) groups excluding carboxylic acids is 1. The normalized spacial score (nSPS) is 21.8. The molecule has 2 aliphatic heterocycles. The minimum absolute atomic E-state index is 0.315. The molecule has 0 spiro atoms. The molecule has 138 valence electrons. The van der Waals surface area contributed by atoms with Gasteiger partial charge in [-0.05, 0) is 16.3 Å². The number of fused-ring (bicyclic) bond motifs is 1. The standard InChI is InChI=1S/C21H27N3OS/c25-21(14-19-16-26-13-8-22-19)24-11-9-23(10-12-24)15-18-6-3-5-17-4-1-2-7-20(17)18/h1-7,19,22H,8-16H2. The summed E-state index contributed by atoms with van der Waals surface area (Å²) < 4.78 is 0. The molecule has 2 aromatic rings. The zero-order chi connectivity index (χ0) is 17.8. The van der Waals surface area contributed by atoms with Gasteiger partial charge in [-0.1, -0.05) is 42.5 Å². The van der Waals surface area contributed by atoms with Crippen molar-refractivity contribution in [2.75, 3.05) is 44.2 Å². The maximum Gasteiger partial charge on any atom is 0.224 e. The van der Waals surface area contributed by atoms with Gasteiger partial charge in [0.2, 0.25) is 5.91 Å². The number of nitrogens with one attached hydrogen (secondary N) is 1. The number of thioether (sulfide) groups is 1. The van der Waals surface area contributed by atoms with Crippen LogP contribution < -0.4 is 5.32 Å². The van der Waals surface area contributed by atoms with Crippen molar-refractivity contribution in [3.05, 3.63) is 48.0 Å². The van der Waals surface area contributed by atoms with Gasteiger partial charge >= 0.3 is 0 Å². The van der Waals surface area contributed by atoms with Crippen LogP contribution >= 0.6 is 11.8 Å². The molecule has 1 amide bonds. The van der Waals surface area contributed by atoms with E-state index >= 15 is 0 Å². The Hall–Kier alpha value is -1.56. The summed E-state index contributed by atoms with van der Waals surface area (Å²) in [5.41, 5.74) is 1.38. The third kappa shape index (κ3) is 4.22. The molecule has 4 rings (SSSR count). The fraction of sp³-hybridized carbons (Fsp3) is 0.476. The zero-order valence-electron chi connectivity index (χ0n) is 15.2. The van der Waals surface area contributed by atoms with Crippen molar-refractivity contribution in [2.45, 2.75) is 19.0 Å². The number of piperazine rings is 1. The Kier molecular flexibility index (Phi) is 5.78. The van der Waals surface area contributed by atoms with Crippen LogP contribution in [0.3, 0.4) is 0 Å². The smallest absolute Gasteiger partial charge is 0.224 e. The molecular formula is C21H27N3OS. The summed E-state index contributed by atoms with van der Waals surface area (Å²) in [4.78, 5) is 17.1. The van der Waals surface area contributed by atoms with Crippen molar-refractivity contribution in [2.24, 2.45) is 0 Å². The van der Waals surface area contributed by atoms with Gasteiger partial charge in [0.15, 0.2) is 0 Å². The summed E-state index contributed by atoms with van der Waals surface area (Å²) in [6.45, 7) is 5.61. The highest BCUT2D eigenvalue weighted by Gasteiger charge is 2.24. The minimum Gasteiger partial charge on any atom is -0.340 e. The van der Waals surface area contributed by atoms with Crippen molar-refractivity contribution in [3.63, 3.8) is 0 Å². The van der Waals surface area contributed by atoms with E-state index < -0.39 is 0 Å². The Morgan fingerprint density at radius 2 is 1.88 bits per heavy atom. The third-order valence-electron chi connectivity index (χ3n) is 5.42. The van der Waals surface area contributed by atoms with Crippen molar-refractivity contribution < 1.29 is 4.79 Å². The summed E-state index contributed by atoms with van der Waals surface area (Å²) >= 11 is 1.95. The Bertz CT molecular complexity index is 747. The monoisotopic (exact) mass is 369 g/mol. The Morgan fingerprint density at radius 3 is 2.69 bits per heavy atom. The molecule has 0 radical (unpaired) electrons. The minimum atomic E-state index is 0.315. The fourth-order valence-corrected chi connectivity index (χ4v) is 4.87. The lowest BCUT2D eigenvalue weighted by Gasteiger charge is -2.36. The second kappa shape index (κ2) is 8.42. The summed E-state index contributed by atoms with van der Waals surface area (Å²) in [5.74, 6) is 2.54. The number of hydrogen-bond acceptors (Lipinski definition) is 4. The lowest BCUT2D eigenvalue weighted by Crippen LogP contribution is -2.50. The second-order valence-corrected chi connectivity index (χ2v) is 8.38. The highest BCUT2D eigenvalue weighted by Crippen LogP contribution is 2.21. The van der Waals surface area contributed by atoms with Gasteiger partial charge in [-0.25, -0.2) is 0 Å². The van der Waals surface area contributed by atoms with Crippen LogP contribution in [0, 0.1) is 0 Å². The van der Waals surface area contributed by atoms with Crippen molar-refractivity contribution in [1.82, 2.24) is 15.1 Å². The first-order valence-corrected chi connectivity index (χ1v) is 10.7. The van der Waals surface area contributed by atoms with Crippen LogP contribution in [0.1, 0.15) is 12.0 Å². The summed E-state index contributed by atoms with van der Waals surface area (Å²) in [5, 5.41) is 6.11. The first-order valence-electron chi connectivity index (χ1n) is 9.57. The van der Waals surface area contributed by atoms with Gasteiger partial charge in [-0.3, -0.25) is 9.69 Å². The van der Waals surface area contributed by atoms with Gasteiger partial charge in [-0.2, -0.15) is 11.8 Å². The fourth-order valence-electron chi connectivity index (χ4n) is 3.92. The number of nitrogens with zero attached hydrogens (tertiary/aromatic N) is 2. The van der Waals surface area contributed by atoms with Gasteiger partial charge < -0.3 is 10.2 Å². The molecule has 2 saturated heterocycles. The van der Waals surface area contributed by atoms with E-state index in [9.17, 15) is 4.79 Å². The highest BCUT2D eigenvalue weighted by molar-refractivity contribution is 7.99. The average Bonchev–Trinajstić information content (AvgIpc) is 2.70. The molecule has 0 aliphatic carbocycles. The van der Waals surface area contributed by atoms with Crippen LogP contribution in [0.15, 0.2) is 42.5 Å². The predicted octanol–water partition coefficient (Wildman–Crippen LogP) is 2.58. The molecule has 1 atom stereocenters. The molecule has 1 N–H and O–H groups in total. The third-order valence-corrected chi connectivity index (χ3v) is 6.55. The molecule has 4 nitrogen and oxygen atoms in total. The molecule has 1 unspecified atom stereocenters. The summed E-state index contributed by atoms with van der Waals surface area (Å²) in [7, 11) is 0. The van der Waals surface area contributed by atoms with E-state index in [4.69, 9.17) is 0 Å². The predicted molar refractivity (Wildman–Crippen MR) is 110 cm³/mol. The quantitative estimate of drug-likeness (QED) is 0.899. The maximum absolute atomic E-state index is 12.6. The average molecular weight is 370 g/mol. The van der Waals surface area contributed by atoms with E-state index in [0.29, 0.717) is 18.4 Å². The van der Waals surface area contributed by atoms with Crippen molar-refractivity contribution >= 4 is 28.4 Å². The van der Waals surface area contributed by atoms with Gasteiger partial charge in [0.25, 0.3) is 0 Å². The van der Waals surface area contributed by atoms with E-state index in [-0.39, 0.29) is 0 Å². The van der Waals surface area contributed by atoms with Crippen LogP contribution in [0.2, 0.25) is 0 Å². The molecule has 0 saturated carbocycles. The molecular weight excluding hydrogens is 342 g/mol. The van der Waals surface area contributed by atoms with E-state index in [1.54, 1.807) is 0 Å². The van der Waals surface area contributed by atoms with Crippen molar-refractivity contribution in [1.29, 1.82) is 0 Å². The van der Waals surface area contributed by atoms with E-state index in [1.165, 1.54) is 16.3 Å². The molecule has 0 bridgehead atoms. The molecule has 2 aromatic carbocycles. The van der Waals surface area contributed by atoms with Gasteiger partial charge in [-0.15, -0.1) is 0 Å². The largest absolute Gasteiger partial charge is 0.340 e. The van der Waals surface area contributed by atoms with Gasteiger partial charge in [0.05, 0.1) is 0 Å². The van der Waals surface area contributed by atoms with Crippen LogP contribution in [0.25, 0.3) is 10.8 Å².